The Labute approximate surface area is 117 Å². The lowest BCUT2D eigenvalue weighted by Crippen LogP contribution is -2.38. The molecular formula is C13H15NO5S. The maximum atomic E-state index is 12.1. The second kappa shape index (κ2) is 4.97. The molecule has 1 heterocycles. The third-order valence-electron chi connectivity index (χ3n) is 3.53. The quantitative estimate of drug-likeness (QED) is 0.902. The Hall–Kier alpha value is -1.76. The lowest BCUT2D eigenvalue weighted by molar-refractivity contribution is -0.125. The zero-order valence-electron chi connectivity index (χ0n) is 10.8. The number of carbonyl (C=O) groups excluding carboxylic acids is 1. The fourth-order valence-corrected chi connectivity index (χ4v) is 3.19. The first-order chi connectivity index (χ1) is 9.56. The van der Waals surface area contributed by atoms with E-state index in [1.54, 1.807) is 0 Å². The molecule has 1 aliphatic carbocycles. The van der Waals surface area contributed by atoms with Crippen molar-refractivity contribution >= 4 is 15.9 Å². The molecule has 1 amide bonds. The maximum Gasteiger partial charge on any atom is 0.264 e. The summed E-state index contributed by atoms with van der Waals surface area (Å²) in [6, 6.07) is 4.33. The van der Waals surface area contributed by atoms with E-state index in [9.17, 15) is 13.2 Å². The minimum Gasteiger partial charge on any atom is -0.486 e. The predicted molar refractivity (Wildman–Crippen MR) is 70.1 cm³/mol. The average Bonchev–Trinajstić information content (AvgIpc) is 2.35. The smallest absolute Gasteiger partial charge is 0.264 e. The molecule has 1 aromatic rings. The van der Waals surface area contributed by atoms with Gasteiger partial charge in [-0.15, -0.1) is 0 Å². The number of rotatable bonds is 3. The second-order valence-electron chi connectivity index (χ2n) is 4.90. The molecule has 0 atom stereocenters. The first kappa shape index (κ1) is 13.2. The number of carbonyl (C=O) groups is 1. The van der Waals surface area contributed by atoms with Gasteiger partial charge in [-0.25, -0.2) is 13.1 Å². The largest absolute Gasteiger partial charge is 0.486 e. The third-order valence-corrected chi connectivity index (χ3v) is 4.88. The van der Waals surface area contributed by atoms with Gasteiger partial charge in [0.1, 0.15) is 13.2 Å². The summed E-state index contributed by atoms with van der Waals surface area (Å²) in [5.74, 6) is 0.295. The second-order valence-corrected chi connectivity index (χ2v) is 6.59. The van der Waals surface area contributed by atoms with Gasteiger partial charge in [0, 0.05) is 12.0 Å². The molecule has 0 aromatic heterocycles. The molecule has 7 heteroatoms. The van der Waals surface area contributed by atoms with Crippen molar-refractivity contribution in [2.45, 2.75) is 24.2 Å². The van der Waals surface area contributed by atoms with Gasteiger partial charge in [0.2, 0.25) is 5.91 Å². The number of fused-ring (bicyclic) bond motifs is 1. The van der Waals surface area contributed by atoms with Crippen LogP contribution in [-0.4, -0.2) is 27.5 Å². The van der Waals surface area contributed by atoms with E-state index in [1.807, 2.05) is 0 Å². The van der Waals surface area contributed by atoms with Gasteiger partial charge in [-0.05, 0) is 25.0 Å². The van der Waals surface area contributed by atoms with Crippen molar-refractivity contribution in [3.63, 3.8) is 0 Å². The van der Waals surface area contributed by atoms with Gasteiger partial charge in [-0.3, -0.25) is 4.79 Å². The molecule has 2 aliphatic rings. The van der Waals surface area contributed by atoms with Crippen LogP contribution in [0.3, 0.4) is 0 Å². The van der Waals surface area contributed by atoms with Crippen LogP contribution in [0.25, 0.3) is 0 Å². The summed E-state index contributed by atoms with van der Waals surface area (Å²) in [6.45, 7) is 0.822. The monoisotopic (exact) mass is 297 g/mol. The predicted octanol–water partition coefficient (Wildman–Crippen LogP) is 1.06. The Balaban J connectivity index is 1.81. The third kappa shape index (κ3) is 2.45. The number of sulfonamides is 1. The van der Waals surface area contributed by atoms with Gasteiger partial charge in [0.25, 0.3) is 10.0 Å². The van der Waals surface area contributed by atoms with E-state index in [2.05, 4.69) is 4.72 Å². The van der Waals surface area contributed by atoms with E-state index in [4.69, 9.17) is 9.47 Å². The number of ether oxygens (including phenoxy) is 2. The summed E-state index contributed by atoms with van der Waals surface area (Å²) in [5, 5.41) is 0. The highest BCUT2D eigenvalue weighted by Crippen LogP contribution is 2.32. The Morgan fingerprint density at radius 2 is 1.85 bits per heavy atom. The zero-order chi connectivity index (χ0) is 14.2. The molecule has 1 N–H and O–H groups in total. The summed E-state index contributed by atoms with van der Waals surface area (Å²) >= 11 is 0. The number of benzene rings is 1. The summed E-state index contributed by atoms with van der Waals surface area (Å²) in [6.07, 6.45) is 2.48. The van der Waals surface area contributed by atoms with Gasteiger partial charge in [0.05, 0.1) is 4.90 Å². The van der Waals surface area contributed by atoms with E-state index in [-0.39, 0.29) is 10.8 Å². The SMILES string of the molecule is O=C(NS(=O)(=O)c1ccc2c(c1)OCCO2)C1CCC1. The zero-order valence-corrected chi connectivity index (χ0v) is 11.6. The Kier molecular flexibility index (Phi) is 3.29. The van der Waals surface area contributed by atoms with Gasteiger partial charge < -0.3 is 9.47 Å². The molecular weight excluding hydrogens is 282 g/mol. The molecule has 1 fully saturated rings. The highest BCUT2D eigenvalue weighted by molar-refractivity contribution is 7.90. The minimum atomic E-state index is -3.85. The number of hydrogen-bond acceptors (Lipinski definition) is 5. The van der Waals surface area contributed by atoms with Gasteiger partial charge in [-0.1, -0.05) is 6.42 Å². The minimum absolute atomic E-state index is 0.00873. The molecule has 0 saturated heterocycles. The molecule has 6 nitrogen and oxygen atoms in total. The summed E-state index contributed by atoms with van der Waals surface area (Å²) in [7, 11) is -3.85. The van der Waals surface area contributed by atoms with Crippen LogP contribution in [0.4, 0.5) is 0 Å². The topological polar surface area (TPSA) is 81.7 Å². The van der Waals surface area contributed by atoms with Crippen molar-refractivity contribution in [2.75, 3.05) is 13.2 Å². The highest BCUT2D eigenvalue weighted by atomic mass is 32.2. The van der Waals surface area contributed by atoms with Crippen LogP contribution in [0.2, 0.25) is 0 Å². The van der Waals surface area contributed by atoms with Crippen molar-refractivity contribution in [1.82, 2.24) is 4.72 Å². The molecule has 1 aliphatic heterocycles. The van der Waals surface area contributed by atoms with E-state index >= 15 is 0 Å². The summed E-state index contributed by atoms with van der Waals surface area (Å²) < 4.78 is 37.1. The van der Waals surface area contributed by atoms with Crippen molar-refractivity contribution < 1.29 is 22.7 Å². The number of hydrogen-bond donors (Lipinski definition) is 1. The molecule has 0 unspecified atom stereocenters. The molecule has 20 heavy (non-hydrogen) atoms. The van der Waals surface area contributed by atoms with E-state index < -0.39 is 15.9 Å². The van der Waals surface area contributed by atoms with E-state index in [0.717, 1.165) is 19.3 Å². The molecule has 1 saturated carbocycles. The Morgan fingerprint density at radius 3 is 2.50 bits per heavy atom. The summed E-state index contributed by atoms with van der Waals surface area (Å²) in [4.78, 5) is 11.8. The molecule has 0 radical (unpaired) electrons. The van der Waals surface area contributed by atoms with Crippen LogP contribution >= 0.6 is 0 Å². The lowest BCUT2D eigenvalue weighted by Gasteiger charge is -2.24. The van der Waals surface area contributed by atoms with Crippen molar-refractivity contribution in [1.29, 1.82) is 0 Å². The Bertz CT molecular complexity index is 636. The van der Waals surface area contributed by atoms with Crippen LogP contribution < -0.4 is 14.2 Å². The van der Waals surface area contributed by atoms with Crippen LogP contribution in [0.15, 0.2) is 23.1 Å². The van der Waals surface area contributed by atoms with Crippen molar-refractivity contribution in [2.24, 2.45) is 5.92 Å². The number of amides is 1. The Morgan fingerprint density at radius 1 is 1.15 bits per heavy atom. The van der Waals surface area contributed by atoms with Crippen LogP contribution in [0.1, 0.15) is 19.3 Å². The number of nitrogens with one attached hydrogen (secondary N) is 1. The fourth-order valence-electron chi connectivity index (χ4n) is 2.14. The molecule has 1 aromatic carbocycles. The van der Waals surface area contributed by atoms with E-state index in [1.165, 1.54) is 18.2 Å². The fraction of sp³-hybridized carbons (Fsp3) is 0.462. The van der Waals surface area contributed by atoms with Crippen molar-refractivity contribution in [3.05, 3.63) is 18.2 Å². The average molecular weight is 297 g/mol. The highest BCUT2D eigenvalue weighted by Gasteiger charge is 2.29. The lowest BCUT2D eigenvalue weighted by atomic mass is 9.85. The van der Waals surface area contributed by atoms with Gasteiger partial charge >= 0.3 is 0 Å². The molecule has 0 bridgehead atoms. The van der Waals surface area contributed by atoms with Crippen LogP contribution in [0.5, 0.6) is 11.5 Å². The molecule has 0 spiro atoms. The molecule has 3 rings (SSSR count). The van der Waals surface area contributed by atoms with Gasteiger partial charge in [0.15, 0.2) is 11.5 Å². The maximum absolute atomic E-state index is 12.1. The van der Waals surface area contributed by atoms with Crippen molar-refractivity contribution in [3.8, 4) is 11.5 Å². The first-order valence-corrected chi connectivity index (χ1v) is 8.01. The van der Waals surface area contributed by atoms with Crippen LogP contribution in [0, 0.1) is 5.92 Å². The van der Waals surface area contributed by atoms with Gasteiger partial charge in [-0.2, -0.15) is 0 Å². The standard InChI is InChI=1S/C13H15NO5S/c15-13(9-2-1-3-9)14-20(16,17)10-4-5-11-12(8-10)19-7-6-18-11/h4-5,8-9H,1-3,6-7H2,(H,14,15). The first-order valence-electron chi connectivity index (χ1n) is 6.52. The van der Waals surface area contributed by atoms with E-state index in [0.29, 0.717) is 24.7 Å². The van der Waals surface area contributed by atoms with Crippen LogP contribution in [-0.2, 0) is 14.8 Å². The summed E-state index contributed by atoms with van der Waals surface area (Å²) in [5.41, 5.74) is 0. The normalized spacial score (nSPS) is 18.2. The molecule has 108 valence electrons.